The van der Waals surface area contributed by atoms with Gasteiger partial charge in [0, 0.05) is 30.4 Å². The first-order chi connectivity index (χ1) is 21.2. The number of carbonyl (C=O) groups is 1. The molecule has 0 aliphatic carbocycles. The number of nitrogens with one attached hydrogen (secondary N) is 2. The molecule has 0 aliphatic rings. The zero-order valence-corrected chi connectivity index (χ0v) is 24.6. The van der Waals surface area contributed by atoms with Gasteiger partial charge in [0.2, 0.25) is 5.91 Å². The number of pyridine rings is 2. The van der Waals surface area contributed by atoms with E-state index in [1.54, 1.807) is 54.8 Å². The number of benzene rings is 2. The lowest BCUT2D eigenvalue weighted by atomic mass is 10.1. The Labute approximate surface area is 252 Å². The van der Waals surface area contributed by atoms with E-state index in [1.807, 2.05) is 54.1 Å². The molecule has 0 spiro atoms. The smallest absolute Gasteiger partial charge is 0.275 e. The van der Waals surface area contributed by atoms with Gasteiger partial charge in [-0.3, -0.25) is 14.6 Å². The van der Waals surface area contributed by atoms with Gasteiger partial charge in [-0.15, -0.1) is 5.10 Å². The molecule has 222 valence electrons. The van der Waals surface area contributed by atoms with Gasteiger partial charge in [0.05, 0.1) is 35.7 Å². The minimum absolute atomic E-state index is 0.160. The van der Waals surface area contributed by atoms with Crippen LogP contribution in [-0.2, 0) is 18.4 Å². The average molecular weight is 592 g/mol. The number of halogens is 1. The van der Waals surface area contributed by atoms with Crippen LogP contribution in [0.5, 0.6) is 0 Å². The van der Waals surface area contributed by atoms with Crippen molar-refractivity contribution in [1.82, 2.24) is 39.6 Å². The topological polar surface area (TPSA) is 125 Å². The van der Waals surface area contributed by atoms with Crippen LogP contribution in [0.3, 0.4) is 0 Å². The Morgan fingerprint density at radius 3 is 2.64 bits per heavy atom. The normalized spacial score (nSPS) is 12.0. The van der Waals surface area contributed by atoms with E-state index in [2.05, 4.69) is 31.1 Å². The summed E-state index contributed by atoms with van der Waals surface area (Å²) in [6, 6.07) is 17.2. The van der Waals surface area contributed by atoms with Crippen molar-refractivity contribution in [2.45, 2.75) is 26.4 Å². The number of tetrazole rings is 1. The van der Waals surface area contributed by atoms with Crippen LogP contribution in [0.15, 0.2) is 84.0 Å². The third-order valence-corrected chi connectivity index (χ3v) is 7.66. The molecule has 1 amide bonds. The molecule has 44 heavy (non-hydrogen) atoms. The van der Waals surface area contributed by atoms with Gasteiger partial charge in [0.25, 0.3) is 5.56 Å². The molecule has 0 aliphatic heterocycles. The van der Waals surface area contributed by atoms with Crippen molar-refractivity contribution in [2.75, 3.05) is 12.4 Å². The van der Waals surface area contributed by atoms with Gasteiger partial charge in [-0.2, -0.15) is 0 Å². The summed E-state index contributed by atoms with van der Waals surface area (Å²) in [6.07, 6.45) is 5.37. The van der Waals surface area contributed by atoms with E-state index in [1.165, 1.54) is 12.1 Å². The maximum Gasteiger partial charge on any atom is 0.275 e. The molecular formula is C32H30FN9O2. The third-order valence-electron chi connectivity index (χ3n) is 7.66. The standard InChI is InChI=1S/C32H30FN9O2/c1-19-17-41(29-10-8-24(33)14-26(19)29)25-12-21(15-35-16-25)18-42-28(11-9-27(32(42)44)36-31(43)20(2)34-3)22-6-5-7-23(13-22)30-37-38-39-40(30)4/h5-17,20,34H,18H2,1-4H3,(H,36,43)/t20-/m0/s1. The second kappa shape index (κ2) is 11.7. The highest BCUT2D eigenvalue weighted by molar-refractivity contribution is 5.94. The molecule has 0 radical (unpaired) electrons. The molecule has 4 aromatic heterocycles. The van der Waals surface area contributed by atoms with Crippen molar-refractivity contribution in [1.29, 1.82) is 0 Å². The van der Waals surface area contributed by atoms with Crippen LogP contribution in [0.25, 0.3) is 39.2 Å². The molecule has 6 aromatic rings. The number of likely N-dealkylation sites (N-methyl/N-ethyl adjacent to an activating group) is 1. The van der Waals surface area contributed by atoms with E-state index in [4.69, 9.17) is 0 Å². The van der Waals surface area contributed by atoms with Gasteiger partial charge in [-0.05, 0) is 90.5 Å². The summed E-state index contributed by atoms with van der Waals surface area (Å²) in [7, 11) is 3.44. The maximum atomic E-state index is 14.0. The number of hydrogen-bond donors (Lipinski definition) is 2. The number of hydrogen-bond acceptors (Lipinski definition) is 7. The van der Waals surface area contributed by atoms with Gasteiger partial charge >= 0.3 is 0 Å². The molecule has 0 fully saturated rings. The van der Waals surface area contributed by atoms with Crippen molar-refractivity contribution in [3.05, 3.63) is 107 Å². The molecule has 2 N–H and O–H groups in total. The van der Waals surface area contributed by atoms with Crippen LogP contribution in [0.2, 0.25) is 0 Å². The zero-order chi connectivity index (χ0) is 31.0. The van der Waals surface area contributed by atoms with Crippen molar-refractivity contribution in [3.63, 3.8) is 0 Å². The van der Waals surface area contributed by atoms with Gasteiger partial charge in [0.15, 0.2) is 5.82 Å². The summed E-state index contributed by atoms with van der Waals surface area (Å²) in [5.41, 5.74) is 5.28. The van der Waals surface area contributed by atoms with Crippen LogP contribution in [0.1, 0.15) is 18.1 Å². The van der Waals surface area contributed by atoms with E-state index in [0.717, 1.165) is 38.8 Å². The lowest BCUT2D eigenvalue weighted by Gasteiger charge is -2.17. The highest BCUT2D eigenvalue weighted by Crippen LogP contribution is 2.28. The van der Waals surface area contributed by atoms with Crippen LogP contribution >= 0.6 is 0 Å². The van der Waals surface area contributed by atoms with Crippen molar-refractivity contribution >= 4 is 22.5 Å². The van der Waals surface area contributed by atoms with E-state index in [9.17, 15) is 14.0 Å². The number of amides is 1. The summed E-state index contributed by atoms with van der Waals surface area (Å²) in [4.78, 5) is 31.1. The predicted octanol–water partition coefficient (Wildman–Crippen LogP) is 4.09. The fourth-order valence-electron chi connectivity index (χ4n) is 5.20. The summed E-state index contributed by atoms with van der Waals surface area (Å²) in [6.45, 7) is 3.82. The average Bonchev–Trinajstić information content (AvgIpc) is 3.61. The number of aromatic nitrogens is 7. The van der Waals surface area contributed by atoms with Gasteiger partial charge < -0.3 is 19.8 Å². The van der Waals surface area contributed by atoms with Crippen LogP contribution < -0.4 is 16.2 Å². The monoisotopic (exact) mass is 591 g/mol. The summed E-state index contributed by atoms with van der Waals surface area (Å²) in [5.74, 6) is -0.0416. The fraction of sp³-hybridized carbons (Fsp3) is 0.188. The minimum Gasteiger partial charge on any atom is -0.320 e. The predicted molar refractivity (Wildman–Crippen MR) is 166 cm³/mol. The Balaban J connectivity index is 1.45. The lowest BCUT2D eigenvalue weighted by Crippen LogP contribution is -2.37. The molecule has 0 saturated carbocycles. The second-order valence-electron chi connectivity index (χ2n) is 10.6. The molecule has 11 nitrogen and oxygen atoms in total. The van der Waals surface area contributed by atoms with Crippen LogP contribution in [-0.4, -0.2) is 53.3 Å². The SMILES string of the molecule is CN[C@@H](C)C(=O)Nc1ccc(-c2cccc(-c3nnnn3C)c2)n(Cc2cncc(-n3cc(C)c4cc(F)ccc43)c2)c1=O. The highest BCUT2D eigenvalue weighted by Gasteiger charge is 2.18. The molecule has 2 aromatic carbocycles. The summed E-state index contributed by atoms with van der Waals surface area (Å²) in [5, 5.41) is 18.2. The number of fused-ring (bicyclic) bond motifs is 1. The number of rotatable bonds is 8. The molecule has 1 atom stereocenters. The van der Waals surface area contributed by atoms with E-state index in [0.29, 0.717) is 11.5 Å². The second-order valence-corrected chi connectivity index (χ2v) is 10.6. The molecule has 12 heteroatoms. The maximum absolute atomic E-state index is 14.0. The first-order valence-corrected chi connectivity index (χ1v) is 14.0. The first kappa shape index (κ1) is 28.6. The Kier molecular flexibility index (Phi) is 7.58. The van der Waals surface area contributed by atoms with Gasteiger partial charge in [-0.1, -0.05) is 18.2 Å². The number of anilines is 1. The molecule has 0 saturated heterocycles. The Morgan fingerprint density at radius 2 is 1.86 bits per heavy atom. The molecular weight excluding hydrogens is 561 g/mol. The number of aryl methyl sites for hydroxylation is 2. The van der Waals surface area contributed by atoms with Crippen LogP contribution in [0.4, 0.5) is 10.1 Å². The molecule has 6 rings (SSSR count). The first-order valence-electron chi connectivity index (χ1n) is 14.0. The highest BCUT2D eigenvalue weighted by atomic mass is 19.1. The zero-order valence-electron chi connectivity index (χ0n) is 24.6. The van der Waals surface area contributed by atoms with Crippen molar-refractivity contribution < 1.29 is 9.18 Å². The number of nitrogens with zero attached hydrogens (tertiary/aromatic N) is 7. The lowest BCUT2D eigenvalue weighted by molar-refractivity contribution is -0.117. The van der Waals surface area contributed by atoms with Crippen molar-refractivity contribution in [2.24, 2.45) is 7.05 Å². The minimum atomic E-state index is -0.492. The Hall–Kier alpha value is -5.49. The third kappa shape index (κ3) is 5.38. The van der Waals surface area contributed by atoms with Crippen LogP contribution in [0, 0.1) is 12.7 Å². The van der Waals surface area contributed by atoms with Crippen molar-refractivity contribution in [3.8, 4) is 28.3 Å². The molecule has 4 heterocycles. The molecule has 0 unspecified atom stereocenters. The number of carbonyl (C=O) groups excluding carboxylic acids is 1. The fourth-order valence-corrected chi connectivity index (χ4v) is 5.20. The molecule has 0 bridgehead atoms. The van der Waals surface area contributed by atoms with E-state index in [-0.39, 0.29) is 29.5 Å². The van der Waals surface area contributed by atoms with Gasteiger partial charge in [-0.25, -0.2) is 9.07 Å². The van der Waals surface area contributed by atoms with E-state index < -0.39 is 6.04 Å². The van der Waals surface area contributed by atoms with E-state index >= 15 is 0 Å². The Morgan fingerprint density at radius 1 is 1.05 bits per heavy atom. The largest absolute Gasteiger partial charge is 0.320 e. The van der Waals surface area contributed by atoms with Gasteiger partial charge in [0.1, 0.15) is 11.5 Å². The Bertz CT molecular complexity index is 2080. The quantitative estimate of drug-likeness (QED) is 0.273. The summed E-state index contributed by atoms with van der Waals surface area (Å²) < 4.78 is 19.1. The summed E-state index contributed by atoms with van der Waals surface area (Å²) >= 11 is 0.